The maximum atomic E-state index is 13.9. The second kappa shape index (κ2) is 13.3. The number of carbonyl (C=O) groups is 2. The average Bonchev–Trinajstić information content (AvgIpc) is 3.60. The van der Waals surface area contributed by atoms with Crippen LogP contribution in [0.3, 0.4) is 0 Å². The van der Waals surface area contributed by atoms with Gasteiger partial charge in [0, 0.05) is 38.0 Å². The highest BCUT2D eigenvalue weighted by molar-refractivity contribution is 6.48. The largest absolute Gasteiger partial charge is 0.482 e. The zero-order valence-electron chi connectivity index (χ0n) is 29.4. The van der Waals surface area contributed by atoms with Crippen LogP contribution in [0.2, 0.25) is 0 Å². The van der Waals surface area contributed by atoms with Crippen LogP contribution in [-0.2, 0) is 25.3 Å². The number of halogens is 2. The molecule has 1 unspecified atom stereocenters. The Hall–Kier alpha value is -2.55. The lowest BCUT2D eigenvalue weighted by Crippen LogP contribution is -2.65. The molecule has 0 radical (unpaired) electrons. The summed E-state index contributed by atoms with van der Waals surface area (Å²) in [5, 5.41) is 13.2. The summed E-state index contributed by atoms with van der Waals surface area (Å²) in [5.41, 5.74) is 0.405. The number of hydrogen-bond acceptors (Lipinski definition) is 6. The molecule has 6 fully saturated rings. The summed E-state index contributed by atoms with van der Waals surface area (Å²) in [7, 11) is -0.545. The summed E-state index contributed by atoms with van der Waals surface area (Å²) < 4.78 is 41.1. The van der Waals surface area contributed by atoms with Gasteiger partial charge in [-0.2, -0.15) is 5.26 Å². The summed E-state index contributed by atoms with van der Waals surface area (Å²) in [6.45, 7) is 11.7. The van der Waals surface area contributed by atoms with Crippen LogP contribution >= 0.6 is 0 Å². The molecule has 7 rings (SSSR count). The van der Waals surface area contributed by atoms with E-state index in [-0.39, 0.29) is 60.2 Å². The maximum Gasteiger partial charge on any atom is 0.482 e. The second-order valence-electron chi connectivity index (χ2n) is 16.8. The number of rotatable bonds is 11. The second-order valence-corrected chi connectivity index (χ2v) is 16.8. The quantitative estimate of drug-likeness (QED) is 0.307. The lowest BCUT2D eigenvalue weighted by atomic mass is 9.43. The molecule has 1 N–H and O–H groups in total. The van der Waals surface area contributed by atoms with Gasteiger partial charge in [0.05, 0.1) is 30.3 Å². The van der Waals surface area contributed by atoms with Crippen molar-refractivity contribution in [2.45, 2.75) is 122 Å². The zero-order chi connectivity index (χ0) is 34.5. The van der Waals surface area contributed by atoms with Crippen molar-refractivity contribution in [3.63, 3.8) is 0 Å². The third-order valence-corrected chi connectivity index (χ3v) is 12.8. The SMILES string of the molecule is CC1(C)[C@@H]2C[C@H]3OB([C@H](Cc4ccccc4)NC(=O)C[C@@H]4CCCN(C(=O)C(C#N)CCC(C)(C)N5CCC(F)(F)C5)C4)O[C@@]3(C)[C@H]1C2. The normalized spacial score (nSPS) is 32.1. The summed E-state index contributed by atoms with van der Waals surface area (Å²) in [4.78, 5) is 30.7. The van der Waals surface area contributed by atoms with E-state index >= 15 is 0 Å². The molecule has 3 aliphatic heterocycles. The van der Waals surface area contributed by atoms with Gasteiger partial charge in [-0.15, -0.1) is 0 Å². The molecular weight excluding hydrogens is 613 g/mol. The molecule has 1 aromatic rings. The molecule has 3 aliphatic carbocycles. The van der Waals surface area contributed by atoms with Crippen LogP contribution in [0.15, 0.2) is 30.3 Å². The molecule has 7 atom stereocenters. The van der Waals surface area contributed by atoms with Gasteiger partial charge in [0.25, 0.3) is 5.92 Å². The molecule has 48 heavy (non-hydrogen) atoms. The van der Waals surface area contributed by atoms with Crippen molar-refractivity contribution >= 4 is 18.9 Å². The molecule has 1 aromatic carbocycles. The topological polar surface area (TPSA) is 94.9 Å². The molecule has 2 amide bonds. The van der Waals surface area contributed by atoms with E-state index in [0.29, 0.717) is 50.7 Å². The Kier molecular flexibility index (Phi) is 9.78. The summed E-state index contributed by atoms with van der Waals surface area (Å²) in [5.74, 6) is -3.17. The number of benzene rings is 1. The van der Waals surface area contributed by atoms with Gasteiger partial charge in [-0.25, -0.2) is 8.78 Å². The fourth-order valence-electron chi connectivity index (χ4n) is 9.49. The standard InChI is InChI=1S/C37H53BF2N4O4/c1-34(2,44-17-15-37(39,40)24-44)14-13-27(22-41)33(46)43-16-9-12-26(23-43)19-32(45)42-31(18-25-10-7-6-8-11-25)38-47-30-21-28-20-29(35(28,3)4)36(30,5)48-38/h6-8,10-11,26-31H,9,12-21,23-24H2,1-5H3,(H,42,45)/t26-,27?,28-,29-,30+,31-,36-/m0/s1. The Balaban J connectivity index is 1.05. The first-order valence-corrected chi connectivity index (χ1v) is 18.1. The van der Waals surface area contributed by atoms with Gasteiger partial charge < -0.3 is 19.5 Å². The summed E-state index contributed by atoms with van der Waals surface area (Å²) in [6.07, 6.45) is 5.21. The van der Waals surface area contributed by atoms with Gasteiger partial charge in [-0.3, -0.25) is 14.5 Å². The van der Waals surface area contributed by atoms with Crippen molar-refractivity contribution in [1.82, 2.24) is 15.1 Å². The highest BCUT2D eigenvalue weighted by Gasteiger charge is 2.68. The van der Waals surface area contributed by atoms with E-state index in [4.69, 9.17) is 9.31 Å². The predicted molar refractivity (Wildman–Crippen MR) is 180 cm³/mol. The monoisotopic (exact) mass is 666 g/mol. The molecule has 0 spiro atoms. The fourth-order valence-corrected chi connectivity index (χ4v) is 9.49. The molecule has 262 valence electrons. The lowest BCUT2D eigenvalue weighted by Gasteiger charge is -2.64. The smallest absolute Gasteiger partial charge is 0.404 e. The Morgan fingerprint density at radius 3 is 2.58 bits per heavy atom. The van der Waals surface area contributed by atoms with E-state index in [1.807, 2.05) is 32.0 Å². The highest BCUT2D eigenvalue weighted by atomic mass is 19.3. The van der Waals surface area contributed by atoms with Crippen LogP contribution in [0.5, 0.6) is 0 Å². The van der Waals surface area contributed by atoms with Crippen molar-refractivity contribution in [1.29, 1.82) is 5.26 Å². The van der Waals surface area contributed by atoms with Gasteiger partial charge in [0.1, 0.15) is 5.92 Å². The number of amides is 2. The minimum Gasteiger partial charge on any atom is -0.404 e. The Labute approximate surface area is 285 Å². The molecule has 0 aromatic heterocycles. The van der Waals surface area contributed by atoms with Gasteiger partial charge in [0.2, 0.25) is 11.8 Å². The molecule has 11 heteroatoms. The minimum absolute atomic E-state index is 0.0160. The predicted octanol–water partition coefficient (Wildman–Crippen LogP) is 5.65. The molecule has 3 saturated carbocycles. The van der Waals surface area contributed by atoms with E-state index in [1.54, 1.807) is 9.80 Å². The molecule has 3 saturated heterocycles. The first-order valence-electron chi connectivity index (χ1n) is 18.1. The number of nitriles is 1. The van der Waals surface area contributed by atoms with E-state index in [1.165, 1.54) is 0 Å². The van der Waals surface area contributed by atoms with E-state index in [2.05, 4.69) is 44.3 Å². The first-order chi connectivity index (χ1) is 22.6. The van der Waals surface area contributed by atoms with Gasteiger partial charge in [0.15, 0.2) is 0 Å². The molecule has 3 heterocycles. The van der Waals surface area contributed by atoms with E-state index < -0.39 is 24.5 Å². The van der Waals surface area contributed by atoms with E-state index in [0.717, 1.165) is 31.2 Å². The summed E-state index contributed by atoms with van der Waals surface area (Å²) >= 11 is 0. The van der Waals surface area contributed by atoms with Crippen LogP contribution in [-0.4, -0.2) is 84.0 Å². The van der Waals surface area contributed by atoms with Crippen molar-refractivity contribution in [2.24, 2.45) is 29.1 Å². The van der Waals surface area contributed by atoms with Crippen molar-refractivity contribution in [3.05, 3.63) is 35.9 Å². The van der Waals surface area contributed by atoms with Crippen LogP contribution in [0.25, 0.3) is 0 Å². The molecule has 6 aliphatic rings. The van der Waals surface area contributed by atoms with Gasteiger partial charge >= 0.3 is 7.12 Å². The average molecular weight is 667 g/mol. The number of piperidine rings is 1. The summed E-state index contributed by atoms with van der Waals surface area (Å²) in [6, 6.07) is 12.3. The number of nitrogens with zero attached hydrogens (tertiary/aromatic N) is 3. The number of likely N-dealkylation sites (tertiary alicyclic amines) is 2. The first kappa shape index (κ1) is 35.3. The van der Waals surface area contributed by atoms with Crippen molar-refractivity contribution < 1.29 is 27.7 Å². The Morgan fingerprint density at radius 2 is 1.92 bits per heavy atom. The Morgan fingerprint density at radius 1 is 1.17 bits per heavy atom. The van der Waals surface area contributed by atoms with Crippen LogP contribution in [0.1, 0.15) is 91.5 Å². The van der Waals surface area contributed by atoms with Crippen LogP contribution in [0, 0.1) is 40.4 Å². The number of alkyl halides is 2. The van der Waals surface area contributed by atoms with Crippen molar-refractivity contribution in [3.8, 4) is 6.07 Å². The van der Waals surface area contributed by atoms with Crippen LogP contribution < -0.4 is 5.32 Å². The zero-order valence-corrected chi connectivity index (χ0v) is 29.4. The third kappa shape index (κ3) is 7.04. The minimum atomic E-state index is -2.69. The van der Waals surface area contributed by atoms with E-state index in [9.17, 15) is 23.6 Å². The highest BCUT2D eigenvalue weighted by Crippen LogP contribution is 2.65. The Bertz CT molecular complexity index is 1390. The van der Waals surface area contributed by atoms with Crippen LogP contribution in [0.4, 0.5) is 8.78 Å². The molecule has 8 nitrogen and oxygen atoms in total. The number of nitrogens with one attached hydrogen (secondary N) is 1. The lowest BCUT2D eigenvalue weighted by molar-refractivity contribution is -0.199. The number of hydrogen-bond donors (Lipinski definition) is 1. The molecule has 2 bridgehead atoms. The third-order valence-electron chi connectivity index (χ3n) is 12.8. The van der Waals surface area contributed by atoms with Gasteiger partial charge in [-0.05, 0) is 94.4 Å². The number of carbonyl (C=O) groups excluding carboxylic acids is 2. The maximum absolute atomic E-state index is 13.9. The van der Waals surface area contributed by atoms with Crippen molar-refractivity contribution in [2.75, 3.05) is 26.2 Å². The molecular formula is C37H53BF2N4O4. The fraction of sp³-hybridized carbons (Fsp3) is 0.757. The van der Waals surface area contributed by atoms with Gasteiger partial charge in [-0.1, -0.05) is 44.2 Å².